The summed E-state index contributed by atoms with van der Waals surface area (Å²) in [6, 6.07) is 14.9. The molecule has 3 aromatic rings. The predicted molar refractivity (Wildman–Crippen MR) is 115 cm³/mol. The first-order valence-corrected chi connectivity index (χ1v) is 11.3. The fourth-order valence-corrected chi connectivity index (χ4v) is 4.82. The van der Waals surface area contributed by atoms with Gasteiger partial charge in [0.05, 0.1) is 15.5 Å². The maximum Gasteiger partial charge on any atom is 0.316 e. The van der Waals surface area contributed by atoms with E-state index in [1.165, 1.54) is 13.0 Å². The van der Waals surface area contributed by atoms with Gasteiger partial charge >= 0.3 is 5.97 Å². The molecule has 3 rings (SSSR count). The number of thioether (sulfide) groups is 1. The van der Waals surface area contributed by atoms with E-state index in [1.807, 2.05) is 6.92 Å². The molecule has 0 saturated heterocycles. The van der Waals surface area contributed by atoms with E-state index in [0.29, 0.717) is 10.8 Å². The Morgan fingerprint density at radius 1 is 1.10 bits per heavy atom. The van der Waals surface area contributed by atoms with E-state index in [2.05, 4.69) is 4.72 Å². The number of phenols is 1. The van der Waals surface area contributed by atoms with E-state index < -0.39 is 21.2 Å². The minimum Gasteiger partial charge on any atom is -0.506 e. The van der Waals surface area contributed by atoms with Crippen LogP contribution in [0.4, 0.5) is 5.69 Å². The highest BCUT2D eigenvalue weighted by molar-refractivity contribution is 8.00. The Kier molecular flexibility index (Phi) is 6.04. The monoisotopic (exact) mass is 431 g/mol. The van der Waals surface area contributed by atoms with E-state index >= 15 is 0 Å². The smallest absolute Gasteiger partial charge is 0.316 e. The highest BCUT2D eigenvalue weighted by Gasteiger charge is 2.21. The van der Waals surface area contributed by atoms with Crippen LogP contribution in [0.15, 0.2) is 64.4 Å². The number of fused-ring (bicyclic) bond motifs is 1. The summed E-state index contributed by atoms with van der Waals surface area (Å²) in [6.45, 7) is 3.49. The lowest BCUT2D eigenvalue weighted by Gasteiger charge is -2.16. The van der Waals surface area contributed by atoms with Gasteiger partial charge in [0, 0.05) is 10.8 Å². The number of hydrogen-bond donors (Lipinski definition) is 3. The molecular formula is C21H21NO5S2. The molecule has 3 aromatic carbocycles. The number of carboxylic acids is 1. The predicted octanol–water partition coefficient (Wildman–Crippen LogP) is 4.47. The van der Waals surface area contributed by atoms with Gasteiger partial charge in [-0.3, -0.25) is 9.52 Å². The molecule has 152 valence electrons. The lowest BCUT2D eigenvalue weighted by atomic mass is 10.1. The first kappa shape index (κ1) is 21.0. The molecule has 0 amide bonds. The normalized spacial score (nSPS) is 12.6. The van der Waals surface area contributed by atoms with Crippen molar-refractivity contribution in [3.8, 4) is 5.75 Å². The van der Waals surface area contributed by atoms with Crippen molar-refractivity contribution in [3.63, 3.8) is 0 Å². The third kappa shape index (κ3) is 4.49. The zero-order valence-electron chi connectivity index (χ0n) is 15.9. The van der Waals surface area contributed by atoms with Crippen molar-refractivity contribution in [2.45, 2.75) is 35.3 Å². The first-order valence-electron chi connectivity index (χ1n) is 8.99. The van der Waals surface area contributed by atoms with Crippen molar-refractivity contribution in [1.29, 1.82) is 0 Å². The Bertz CT molecular complexity index is 1160. The van der Waals surface area contributed by atoms with Gasteiger partial charge in [0.15, 0.2) is 0 Å². The van der Waals surface area contributed by atoms with E-state index in [0.717, 1.165) is 23.7 Å². The molecule has 3 N–H and O–H groups in total. The van der Waals surface area contributed by atoms with Crippen molar-refractivity contribution in [2.24, 2.45) is 0 Å². The Balaban J connectivity index is 2.07. The van der Waals surface area contributed by atoms with Gasteiger partial charge in [0.2, 0.25) is 0 Å². The average molecular weight is 432 g/mol. The number of anilines is 1. The van der Waals surface area contributed by atoms with E-state index in [1.54, 1.807) is 48.5 Å². The molecule has 6 nitrogen and oxygen atoms in total. The molecule has 0 aliphatic rings. The van der Waals surface area contributed by atoms with Crippen LogP contribution in [-0.2, 0) is 21.2 Å². The van der Waals surface area contributed by atoms with Gasteiger partial charge in [0.25, 0.3) is 10.0 Å². The number of sulfonamides is 1. The topological polar surface area (TPSA) is 104 Å². The SMILES string of the molecule is CCc1ccc(S(=O)(=O)Nc2cc(SC(C)C(=O)O)c(O)c3ccccc23)cc1. The van der Waals surface area contributed by atoms with E-state index in [4.69, 9.17) is 0 Å². The molecule has 0 fully saturated rings. The summed E-state index contributed by atoms with van der Waals surface area (Å²) < 4.78 is 28.4. The van der Waals surface area contributed by atoms with Gasteiger partial charge < -0.3 is 10.2 Å². The third-order valence-electron chi connectivity index (χ3n) is 4.52. The minimum atomic E-state index is -3.86. The molecule has 0 saturated carbocycles. The molecule has 8 heteroatoms. The zero-order chi connectivity index (χ0) is 21.2. The number of carboxylic acid groups (broad SMARTS) is 1. The molecule has 0 spiro atoms. The van der Waals surface area contributed by atoms with Crippen LogP contribution >= 0.6 is 11.8 Å². The quantitative estimate of drug-likeness (QED) is 0.377. The molecule has 0 radical (unpaired) electrons. The summed E-state index contributed by atoms with van der Waals surface area (Å²) in [6.07, 6.45) is 0.804. The summed E-state index contributed by atoms with van der Waals surface area (Å²) in [5.74, 6) is -1.10. The summed E-state index contributed by atoms with van der Waals surface area (Å²) in [5.41, 5.74) is 1.30. The lowest BCUT2D eigenvalue weighted by Crippen LogP contribution is -2.14. The van der Waals surface area contributed by atoms with Crippen LogP contribution in [-0.4, -0.2) is 29.9 Å². The van der Waals surface area contributed by atoms with Crippen LogP contribution in [0.1, 0.15) is 19.4 Å². The van der Waals surface area contributed by atoms with Crippen molar-refractivity contribution in [2.75, 3.05) is 4.72 Å². The first-order chi connectivity index (χ1) is 13.7. The molecule has 0 bridgehead atoms. The fraction of sp³-hybridized carbons (Fsp3) is 0.190. The largest absolute Gasteiger partial charge is 0.506 e. The van der Waals surface area contributed by atoms with Crippen LogP contribution in [0.5, 0.6) is 5.75 Å². The number of aromatic hydroxyl groups is 1. The molecule has 0 aliphatic heterocycles. The zero-order valence-corrected chi connectivity index (χ0v) is 17.5. The highest BCUT2D eigenvalue weighted by Crippen LogP contribution is 2.41. The van der Waals surface area contributed by atoms with Crippen molar-refractivity contribution < 1.29 is 23.4 Å². The van der Waals surface area contributed by atoms with Crippen LogP contribution in [0.25, 0.3) is 10.8 Å². The van der Waals surface area contributed by atoms with Crippen LogP contribution in [0.2, 0.25) is 0 Å². The molecule has 0 aliphatic carbocycles. The molecule has 29 heavy (non-hydrogen) atoms. The van der Waals surface area contributed by atoms with Crippen molar-refractivity contribution >= 4 is 44.2 Å². The third-order valence-corrected chi connectivity index (χ3v) is 7.02. The van der Waals surface area contributed by atoms with Crippen LogP contribution < -0.4 is 4.72 Å². The van der Waals surface area contributed by atoms with E-state index in [9.17, 15) is 23.4 Å². The number of aliphatic carboxylic acids is 1. The lowest BCUT2D eigenvalue weighted by molar-refractivity contribution is -0.136. The summed E-state index contributed by atoms with van der Waals surface area (Å²) >= 11 is 0.950. The van der Waals surface area contributed by atoms with Crippen molar-refractivity contribution in [1.82, 2.24) is 0 Å². The fourth-order valence-electron chi connectivity index (χ4n) is 2.86. The number of hydrogen-bond acceptors (Lipinski definition) is 5. The average Bonchev–Trinajstić information content (AvgIpc) is 2.71. The molecule has 1 atom stereocenters. The summed E-state index contributed by atoms with van der Waals surface area (Å²) in [4.78, 5) is 11.6. The molecule has 0 heterocycles. The Morgan fingerprint density at radius 3 is 2.31 bits per heavy atom. The number of benzene rings is 3. The number of phenolic OH excluding ortho intramolecular Hbond substituents is 1. The Morgan fingerprint density at radius 2 is 1.72 bits per heavy atom. The van der Waals surface area contributed by atoms with Crippen LogP contribution in [0, 0.1) is 0 Å². The highest BCUT2D eigenvalue weighted by atomic mass is 32.2. The summed E-state index contributed by atoms with van der Waals surface area (Å²) in [7, 11) is -3.86. The van der Waals surface area contributed by atoms with Crippen molar-refractivity contribution in [3.05, 3.63) is 60.2 Å². The number of rotatable bonds is 7. The second kappa shape index (κ2) is 8.34. The van der Waals surface area contributed by atoms with Gasteiger partial charge in [-0.25, -0.2) is 8.42 Å². The molecule has 0 aromatic heterocycles. The number of aryl methyl sites for hydroxylation is 1. The molecular weight excluding hydrogens is 410 g/mol. The maximum atomic E-state index is 12.9. The standard InChI is InChI=1S/C21H21NO5S2/c1-3-14-8-10-15(11-9-14)29(26,27)22-18-12-19(28-13(2)21(24)25)20(23)17-7-5-4-6-16(17)18/h4-13,22-23H,3H2,1-2H3,(H,24,25). The van der Waals surface area contributed by atoms with E-state index in [-0.39, 0.29) is 21.2 Å². The summed E-state index contributed by atoms with van der Waals surface area (Å²) in [5, 5.41) is 19.9. The van der Waals surface area contributed by atoms with Gasteiger partial charge in [-0.1, -0.05) is 43.3 Å². The van der Waals surface area contributed by atoms with Gasteiger partial charge in [-0.2, -0.15) is 0 Å². The van der Waals surface area contributed by atoms with Gasteiger partial charge in [0.1, 0.15) is 11.0 Å². The number of nitrogens with one attached hydrogen (secondary N) is 1. The van der Waals surface area contributed by atoms with Gasteiger partial charge in [-0.05, 0) is 37.1 Å². The van der Waals surface area contributed by atoms with Gasteiger partial charge in [-0.15, -0.1) is 11.8 Å². The second-order valence-electron chi connectivity index (χ2n) is 6.52. The second-order valence-corrected chi connectivity index (χ2v) is 9.58. The molecule has 1 unspecified atom stereocenters. The Labute approximate surface area is 173 Å². The minimum absolute atomic E-state index is 0.0750. The number of carbonyl (C=O) groups is 1. The maximum absolute atomic E-state index is 12.9. The Hall–Kier alpha value is -2.71. The van der Waals surface area contributed by atoms with Crippen LogP contribution in [0.3, 0.4) is 0 Å².